The quantitative estimate of drug-likeness (QED) is 0.598. The molecule has 1 aliphatic heterocycles. The van der Waals surface area contributed by atoms with Crippen LogP contribution in [0.1, 0.15) is 4.88 Å². The lowest BCUT2D eigenvalue weighted by molar-refractivity contribution is 0.0675. The van der Waals surface area contributed by atoms with Crippen molar-refractivity contribution in [1.82, 2.24) is 9.47 Å². The first-order valence-corrected chi connectivity index (χ1v) is 8.18. The van der Waals surface area contributed by atoms with Crippen LogP contribution in [-0.2, 0) is 11.8 Å². The lowest BCUT2D eigenvalue weighted by atomic mass is 10.3. The summed E-state index contributed by atoms with van der Waals surface area (Å²) in [5.41, 5.74) is 0.920. The van der Waals surface area contributed by atoms with E-state index in [2.05, 4.69) is 18.0 Å². The molecule has 0 N–H and O–H groups in total. The fourth-order valence-electron chi connectivity index (χ4n) is 2.31. The third-order valence-corrected chi connectivity index (χ3v) is 4.39. The van der Waals surface area contributed by atoms with Gasteiger partial charge in [0.1, 0.15) is 0 Å². The van der Waals surface area contributed by atoms with Gasteiger partial charge in [0.15, 0.2) is 4.80 Å². The van der Waals surface area contributed by atoms with Crippen molar-refractivity contribution in [3.8, 4) is 0 Å². The van der Waals surface area contributed by atoms with Crippen LogP contribution in [0.2, 0.25) is 0 Å². The molecule has 1 aromatic heterocycles. The van der Waals surface area contributed by atoms with E-state index in [-0.39, 0.29) is 0 Å². The second-order valence-corrected chi connectivity index (χ2v) is 6.41. The number of morpholine rings is 1. The fourth-order valence-corrected chi connectivity index (χ4v) is 3.13. The summed E-state index contributed by atoms with van der Waals surface area (Å²) in [7, 11) is 2.02. The maximum atomic E-state index is 5.44. The Labute approximate surface area is 134 Å². The van der Waals surface area contributed by atoms with Gasteiger partial charge in [-0.3, -0.25) is 0 Å². The molecule has 0 unspecified atom stereocenters. The highest BCUT2D eigenvalue weighted by molar-refractivity contribution is 7.09. The predicted molar refractivity (Wildman–Crippen MR) is 89.5 cm³/mol. The van der Waals surface area contributed by atoms with E-state index < -0.39 is 0 Å². The molecular weight excluding hydrogens is 296 g/mol. The Morgan fingerprint density at radius 1 is 1.18 bits per heavy atom. The Morgan fingerprint density at radius 2 is 1.91 bits per heavy atom. The van der Waals surface area contributed by atoms with Gasteiger partial charge in [0, 0.05) is 31.2 Å². The van der Waals surface area contributed by atoms with Gasteiger partial charge in [0.2, 0.25) is 5.96 Å². The second-order valence-electron chi connectivity index (χ2n) is 5.19. The molecule has 116 valence electrons. The van der Waals surface area contributed by atoms with Crippen molar-refractivity contribution < 1.29 is 4.74 Å². The van der Waals surface area contributed by atoms with Gasteiger partial charge in [0.25, 0.3) is 0 Å². The number of hydrogen-bond donors (Lipinski definition) is 0. The molecule has 2 heterocycles. The zero-order chi connectivity index (χ0) is 15.4. The van der Waals surface area contributed by atoms with Crippen LogP contribution in [-0.4, -0.2) is 41.7 Å². The fraction of sp³-hybridized carbons (Fsp3) is 0.375. The number of guanidine groups is 1. The number of benzene rings is 1. The van der Waals surface area contributed by atoms with Crippen molar-refractivity contribution in [1.29, 1.82) is 0 Å². The highest BCUT2D eigenvalue weighted by atomic mass is 32.1. The highest BCUT2D eigenvalue weighted by Crippen LogP contribution is 2.13. The average Bonchev–Trinajstić information content (AvgIpc) is 2.86. The minimum atomic E-state index is 0.721. The number of aryl methyl sites for hydroxylation is 2. The van der Waals surface area contributed by atoms with Crippen LogP contribution in [0, 0.1) is 6.92 Å². The Morgan fingerprint density at radius 3 is 2.55 bits per heavy atom. The van der Waals surface area contributed by atoms with Crippen LogP contribution in [0.5, 0.6) is 0 Å². The van der Waals surface area contributed by atoms with Crippen LogP contribution < -0.4 is 4.80 Å². The second kappa shape index (κ2) is 6.89. The molecule has 0 atom stereocenters. The monoisotopic (exact) mass is 316 g/mol. The largest absolute Gasteiger partial charge is 0.378 e. The van der Waals surface area contributed by atoms with Crippen molar-refractivity contribution in [2.45, 2.75) is 6.92 Å². The predicted octanol–water partition coefficient (Wildman–Crippen LogP) is 2.32. The van der Waals surface area contributed by atoms with Crippen LogP contribution in [0.15, 0.2) is 46.5 Å². The molecule has 5 nitrogen and oxygen atoms in total. The maximum absolute atomic E-state index is 5.44. The SMILES string of the molecule is Cc1cn(C)c(=NC(=Nc2ccccc2)N2CCOCC2)s1. The number of ether oxygens (including phenoxy) is 1. The summed E-state index contributed by atoms with van der Waals surface area (Å²) in [6, 6.07) is 9.97. The summed E-state index contributed by atoms with van der Waals surface area (Å²) in [4.78, 5) is 13.9. The molecular formula is C16H20N4OS. The normalized spacial score (nSPS) is 17.1. The number of nitrogens with zero attached hydrogens (tertiary/aromatic N) is 4. The summed E-state index contributed by atoms with van der Waals surface area (Å²) in [5.74, 6) is 0.756. The maximum Gasteiger partial charge on any atom is 0.228 e. The molecule has 0 radical (unpaired) electrons. The number of aromatic nitrogens is 1. The van der Waals surface area contributed by atoms with Crippen molar-refractivity contribution in [2.75, 3.05) is 26.3 Å². The van der Waals surface area contributed by atoms with Gasteiger partial charge < -0.3 is 14.2 Å². The van der Waals surface area contributed by atoms with E-state index >= 15 is 0 Å². The lowest BCUT2D eigenvalue weighted by Crippen LogP contribution is -2.40. The van der Waals surface area contributed by atoms with E-state index in [1.165, 1.54) is 4.88 Å². The van der Waals surface area contributed by atoms with Crippen molar-refractivity contribution in [2.24, 2.45) is 17.0 Å². The van der Waals surface area contributed by atoms with Gasteiger partial charge in [-0.15, -0.1) is 11.3 Å². The minimum absolute atomic E-state index is 0.721. The molecule has 1 saturated heterocycles. The van der Waals surface area contributed by atoms with Crippen LogP contribution in [0.3, 0.4) is 0 Å². The van der Waals surface area contributed by atoms with E-state index in [0.717, 1.165) is 42.8 Å². The molecule has 1 aromatic carbocycles. The van der Waals surface area contributed by atoms with Gasteiger partial charge in [0.05, 0.1) is 18.9 Å². The first-order valence-electron chi connectivity index (χ1n) is 7.36. The molecule has 2 aromatic rings. The summed E-state index contributed by atoms with van der Waals surface area (Å²) >= 11 is 1.67. The Kier molecular flexibility index (Phi) is 4.70. The van der Waals surface area contributed by atoms with E-state index in [1.54, 1.807) is 11.3 Å². The van der Waals surface area contributed by atoms with Gasteiger partial charge >= 0.3 is 0 Å². The number of thiazole rings is 1. The highest BCUT2D eigenvalue weighted by Gasteiger charge is 2.15. The van der Waals surface area contributed by atoms with E-state index in [4.69, 9.17) is 14.7 Å². The number of rotatable bonds is 1. The van der Waals surface area contributed by atoms with Crippen molar-refractivity contribution >= 4 is 23.0 Å². The molecule has 0 saturated carbocycles. The summed E-state index contributed by atoms with van der Waals surface area (Å²) in [6.45, 7) is 5.18. The topological polar surface area (TPSA) is 42.1 Å². The molecule has 0 spiro atoms. The Hall–Kier alpha value is -1.92. The third-order valence-electron chi connectivity index (χ3n) is 3.40. The number of hydrogen-bond acceptors (Lipinski definition) is 3. The Bertz CT molecular complexity index is 711. The Balaban J connectivity index is 2.01. The minimum Gasteiger partial charge on any atom is -0.378 e. The first kappa shape index (κ1) is 15.0. The summed E-state index contributed by atoms with van der Waals surface area (Å²) in [6.07, 6.45) is 2.09. The zero-order valence-corrected chi connectivity index (χ0v) is 13.7. The smallest absolute Gasteiger partial charge is 0.228 e. The van der Waals surface area contributed by atoms with Gasteiger partial charge in [-0.2, -0.15) is 4.99 Å². The summed E-state index contributed by atoms with van der Waals surface area (Å²) in [5, 5.41) is 0. The van der Waals surface area contributed by atoms with Crippen molar-refractivity contribution in [3.63, 3.8) is 0 Å². The third kappa shape index (κ3) is 3.64. The zero-order valence-electron chi connectivity index (χ0n) is 12.9. The number of aliphatic imine (C=N–C) groups is 1. The van der Waals surface area contributed by atoms with Crippen LogP contribution in [0.25, 0.3) is 0 Å². The molecule has 22 heavy (non-hydrogen) atoms. The molecule has 0 bridgehead atoms. The molecule has 0 aliphatic carbocycles. The van der Waals surface area contributed by atoms with Crippen LogP contribution >= 0.6 is 11.3 Å². The van der Waals surface area contributed by atoms with Gasteiger partial charge in [-0.1, -0.05) is 18.2 Å². The average molecular weight is 316 g/mol. The van der Waals surface area contributed by atoms with E-state index in [9.17, 15) is 0 Å². The van der Waals surface area contributed by atoms with Crippen molar-refractivity contribution in [3.05, 3.63) is 46.2 Å². The van der Waals surface area contributed by atoms with Gasteiger partial charge in [-0.25, -0.2) is 4.99 Å². The summed E-state index contributed by atoms with van der Waals surface area (Å²) < 4.78 is 7.48. The first-order chi connectivity index (χ1) is 10.7. The molecule has 6 heteroatoms. The van der Waals surface area contributed by atoms with E-state index in [1.807, 2.05) is 41.9 Å². The van der Waals surface area contributed by atoms with E-state index in [0.29, 0.717) is 0 Å². The standard InChI is InChI=1S/C16H20N4OS/c1-13-12-19(2)16(22-13)18-15(20-8-10-21-11-9-20)17-14-6-4-3-5-7-14/h3-7,12H,8-11H2,1-2H3. The molecule has 1 fully saturated rings. The lowest BCUT2D eigenvalue weighted by Gasteiger charge is -2.27. The number of para-hydroxylation sites is 1. The molecule has 3 rings (SSSR count). The molecule has 1 aliphatic rings. The van der Waals surface area contributed by atoms with Crippen LogP contribution in [0.4, 0.5) is 5.69 Å². The van der Waals surface area contributed by atoms with Gasteiger partial charge in [-0.05, 0) is 19.1 Å². The molecule has 0 amide bonds.